The zero-order chi connectivity index (χ0) is 11.5. The quantitative estimate of drug-likeness (QED) is 0.860. The molecule has 1 N–H and O–H groups in total. The van der Waals surface area contributed by atoms with E-state index in [0.717, 1.165) is 13.2 Å². The van der Waals surface area contributed by atoms with Crippen LogP contribution in [0.3, 0.4) is 0 Å². The van der Waals surface area contributed by atoms with Crippen molar-refractivity contribution in [1.82, 2.24) is 5.32 Å². The number of benzene rings is 1. The molecule has 1 aliphatic carbocycles. The van der Waals surface area contributed by atoms with Crippen LogP contribution < -0.4 is 5.32 Å². The molecular formula is C15H21NO. The van der Waals surface area contributed by atoms with Crippen LogP contribution in [0.25, 0.3) is 0 Å². The van der Waals surface area contributed by atoms with Crippen molar-refractivity contribution < 1.29 is 4.74 Å². The van der Waals surface area contributed by atoms with Crippen molar-refractivity contribution in [1.29, 1.82) is 0 Å². The fourth-order valence-corrected chi connectivity index (χ4v) is 3.06. The van der Waals surface area contributed by atoms with Gasteiger partial charge in [-0.2, -0.15) is 0 Å². The lowest BCUT2D eigenvalue weighted by Gasteiger charge is -2.16. The standard InChI is InChI=1S/C15H21NO/c1-2-6-14-12(4-1)7-8-15(14)16-10-9-13-5-3-11-17-13/h1-2,4,6,13,15-16H,3,5,7-11H2. The van der Waals surface area contributed by atoms with Crippen molar-refractivity contribution in [3.05, 3.63) is 35.4 Å². The Labute approximate surface area is 103 Å². The van der Waals surface area contributed by atoms with Crippen LogP contribution in [0, 0.1) is 0 Å². The van der Waals surface area contributed by atoms with Gasteiger partial charge in [-0.05, 0) is 49.8 Å². The minimum Gasteiger partial charge on any atom is -0.378 e. The van der Waals surface area contributed by atoms with Gasteiger partial charge in [-0.15, -0.1) is 0 Å². The molecule has 2 unspecified atom stereocenters. The largest absolute Gasteiger partial charge is 0.378 e. The van der Waals surface area contributed by atoms with Gasteiger partial charge < -0.3 is 10.1 Å². The molecule has 0 bridgehead atoms. The van der Waals surface area contributed by atoms with Crippen molar-refractivity contribution in [3.63, 3.8) is 0 Å². The average Bonchev–Trinajstić information content (AvgIpc) is 2.99. The summed E-state index contributed by atoms with van der Waals surface area (Å²) in [4.78, 5) is 0. The second-order valence-electron chi connectivity index (χ2n) is 5.17. The van der Waals surface area contributed by atoms with Gasteiger partial charge in [-0.3, -0.25) is 0 Å². The molecule has 1 aromatic rings. The highest BCUT2D eigenvalue weighted by Gasteiger charge is 2.22. The van der Waals surface area contributed by atoms with Crippen molar-refractivity contribution in [2.75, 3.05) is 13.2 Å². The van der Waals surface area contributed by atoms with E-state index in [9.17, 15) is 0 Å². The van der Waals surface area contributed by atoms with Gasteiger partial charge in [0.2, 0.25) is 0 Å². The van der Waals surface area contributed by atoms with E-state index in [4.69, 9.17) is 4.74 Å². The molecule has 0 aromatic heterocycles. The molecule has 1 aliphatic heterocycles. The minimum atomic E-state index is 0.513. The molecular weight excluding hydrogens is 210 g/mol. The van der Waals surface area contributed by atoms with Gasteiger partial charge in [-0.1, -0.05) is 24.3 Å². The lowest BCUT2D eigenvalue weighted by molar-refractivity contribution is 0.103. The number of hydrogen-bond donors (Lipinski definition) is 1. The summed E-state index contributed by atoms with van der Waals surface area (Å²) >= 11 is 0. The third-order valence-corrected chi connectivity index (χ3v) is 4.01. The Morgan fingerprint density at radius 2 is 2.18 bits per heavy atom. The molecule has 3 rings (SSSR count). The summed E-state index contributed by atoms with van der Waals surface area (Å²) in [7, 11) is 0. The first-order valence-corrected chi connectivity index (χ1v) is 6.86. The fourth-order valence-electron chi connectivity index (χ4n) is 3.06. The van der Waals surface area contributed by atoms with E-state index in [-0.39, 0.29) is 0 Å². The normalized spacial score (nSPS) is 27.3. The van der Waals surface area contributed by atoms with Crippen LogP contribution in [0.15, 0.2) is 24.3 Å². The Morgan fingerprint density at radius 1 is 1.24 bits per heavy atom. The molecule has 2 atom stereocenters. The first-order chi connectivity index (χ1) is 8.43. The van der Waals surface area contributed by atoms with Crippen LogP contribution >= 0.6 is 0 Å². The van der Waals surface area contributed by atoms with Crippen LogP contribution in [-0.4, -0.2) is 19.3 Å². The first-order valence-electron chi connectivity index (χ1n) is 6.86. The van der Waals surface area contributed by atoms with Gasteiger partial charge in [-0.25, -0.2) is 0 Å². The topological polar surface area (TPSA) is 21.3 Å². The van der Waals surface area contributed by atoms with Gasteiger partial charge in [0.15, 0.2) is 0 Å². The Hall–Kier alpha value is -0.860. The third-order valence-electron chi connectivity index (χ3n) is 4.01. The molecule has 2 aliphatic rings. The number of hydrogen-bond acceptors (Lipinski definition) is 2. The summed E-state index contributed by atoms with van der Waals surface area (Å²) in [5.74, 6) is 0. The SMILES string of the molecule is c1ccc2c(c1)CCC2NCCC1CCCO1. The molecule has 1 aromatic carbocycles. The maximum atomic E-state index is 5.65. The van der Waals surface area contributed by atoms with Crippen LogP contribution in [-0.2, 0) is 11.2 Å². The number of fused-ring (bicyclic) bond motifs is 1. The molecule has 0 saturated carbocycles. The van der Waals surface area contributed by atoms with E-state index >= 15 is 0 Å². The first kappa shape index (κ1) is 11.2. The van der Waals surface area contributed by atoms with E-state index in [1.165, 1.54) is 43.2 Å². The lowest BCUT2D eigenvalue weighted by atomic mass is 10.1. The van der Waals surface area contributed by atoms with E-state index in [1.807, 2.05) is 0 Å². The summed E-state index contributed by atoms with van der Waals surface area (Å²) in [5, 5.41) is 3.68. The van der Waals surface area contributed by atoms with E-state index in [1.54, 1.807) is 0 Å². The fraction of sp³-hybridized carbons (Fsp3) is 0.600. The van der Waals surface area contributed by atoms with E-state index < -0.39 is 0 Å². The second-order valence-corrected chi connectivity index (χ2v) is 5.17. The highest BCUT2D eigenvalue weighted by molar-refractivity contribution is 5.34. The smallest absolute Gasteiger partial charge is 0.0588 e. The van der Waals surface area contributed by atoms with Crippen molar-refractivity contribution in [2.24, 2.45) is 0 Å². The average molecular weight is 231 g/mol. The predicted molar refractivity (Wildman–Crippen MR) is 69.1 cm³/mol. The summed E-state index contributed by atoms with van der Waals surface area (Å²) in [6.45, 7) is 2.06. The van der Waals surface area contributed by atoms with Crippen molar-refractivity contribution >= 4 is 0 Å². The third kappa shape index (κ3) is 2.53. The number of aryl methyl sites for hydroxylation is 1. The summed E-state index contributed by atoms with van der Waals surface area (Å²) < 4.78 is 5.65. The molecule has 17 heavy (non-hydrogen) atoms. The zero-order valence-electron chi connectivity index (χ0n) is 10.3. The Kier molecular flexibility index (Phi) is 3.44. The summed E-state index contributed by atoms with van der Waals surface area (Å²) in [6, 6.07) is 9.41. The molecule has 2 heteroatoms. The van der Waals surface area contributed by atoms with Crippen molar-refractivity contribution in [2.45, 2.75) is 44.2 Å². The van der Waals surface area contributed by atoms with E-state index in [2.05, 4.69) is 29.6 Å². The maximum absolute atomic E-state index is 5.65. The second kappa shape index (κ2) is 5.19. The molecule has 2 nitrogen and oxygen atoms in total. The molecule has 0 amide bonds. The Bertz CT molecular complexity index is 371. The van der Waals surface area contributed by atoms with Crippen LogP contribution in [0.1, 0.15) is 42.9 Å². The molecule has 1 heterocycles. The molecule has 1 saturated heterocycles. The number of ether oxygens (including phenoxy) is 1. The highest BCUT2D eigenvalue weighted by Crippen LogP contribution is 2.30. The molecule has 92 valence electrons. The number of nitrogens with one attached hydrogen (secondary N) is 1. The Morgan fingerprint density at radius 3 is 3.06 bits per heavy atom. The Balaban J connectivity index is 1.50. The van der Waals surface area contributed by atoms with Gasteiger partial charge in [0, 0.05) is 12.6 Å². The number of rotatable bonds is 4. The van der Waals surface area contributed by atoms with Crippen molar-refractivity contribution in [3.8, 4) is 0 Å². The predicted octanol–water partition coefficient (Wildman–Crippen LogP) is 2.83. The van der Waals surface area contributed by atoms with Crippen LogP contribution in [0.5, 0.6) is 0 Å². The van der Waals surface area contributed by atoms with E-state index in [0.29, 0.717) is 12.1 Å². The van der Waals surface area contributed by atoms with Crippen LogP contribution in [0.2, 0.25) is 0 Å². The molecule has 1 fully saturated rings. The molecule has 0 radical (unpaired) electrons. The monoisotopic (exact) mass is 231 g/mol. The van der Waals surface area contributed by atoms with Gasteiger partial charge in [0.1, 0.15) is 0 Å². The minimum absolute atomic E-state index is 0.513. The molecule has 0 spiro atoms. The van der Waals surface area contributed by atoms with Gasteiger partial charge in [0.05, 0.1) is 6.10 Å². The zero-order valence-corrected chi connectivity index (χ0v) is 10.3. The summed E-state index contributed by atoms with van der Waals surface area (Å²) in [6.07, 6.45) is 6.66. The highest BCUT2D eigenvalue weighted by atomic mass is 16.5. The maximum Gasteiger partial charge on any atom is 0.0588 e. The lowest BCUT2D eigenvalue weighted by Crippen LogP contribution is -2.23. The van der Waals surface area contributed by atoms with Gasteiger partial charge in [0.25, 0.3) is 0 Å². The van der Waals surface area contributed by atoms with Crippen LogP contribution in [0.4, 0.5) is 0 Å². The van der Waals surface area contributed by atoms with Gasteiger partial charge >= 0.3 is 0 Å². The summed E-state index contributed by atoms with van der Waals surface area (Å²) in [5.41, 5.74) is 3.04.